The highest BCUT2D eigenvalue weighted by atomic mass is 32.2. The molecule has 0 radical (unpaired) electrons. The molecule has 0 spiro atoms. The number of aryl methyl sites for hydroxylation is 1. The van der Waals surface area contributed by atoms with Gasteiger partial charge in [-0.25, -0.2) is 8.42 Å². The molecule has 1 aromatic heterocycles. The largest absolute Gasteiger partial charge is 0.455 e. The maximum atomic E-state index is 11.9. The van der Waals surface area contributed by atoms with Crippen molar-refractivity contribution in [3.8, 4) is 0 Å². The number of esters is 1. The van der Waals surface area contributed by atoms with Gasteiger partial charge in [-0.1, -0.05) is 6.92 Å². The van der Waals surface area contributed by atoms with Crippen LogP contribution < -0.4 is 4.72 Å². The van der Waals surface area contributed by atoms with E-state index in [0.717, 1.165) is 12.8 Å². The second kappa shape index (κ2) is 7.75. The maximum Gasteiger partial charge on any atom is 0.321 e. The number of nitrogens with one attached hydrogen (secondary N) is 1. The molecule has 2 rings (SSSR count). The lowest BCUT2D eigenvalue weighted by Crippen LogP contribution is -2.41. The Labute approximate surface area is 141 Å². The number of piperidine rings is 1. The van der Waals surface area contributed by atoms with Crippen molar-refractivity contribution >= 4 is 21.9 Å². The summed E-state index contributed by atoms with van der Waals surface area (Å²) in [5.74, 6) is -0.468. The van der Waals surface area contributed by atoms with Gasteiger partial charge in [0.1, 0.15) is 11.4 Å². The van der Waals surface area contributed by atoms with Crippen molar-refractivity contribution in [1.29, 1.82) is 0 Å². The minimum absolute atomic E-state index is 0.0451. The van der Waals surface area contributed by atoms with Crippen LogP contribution in [0.25, 0.3) is 0 Å². The third-order valence-corrected chi connectivity index (χ3v) is 5.25. The number of carbonyl (C=O) groups excluding carboxylic acids is 2. The summed E-state index contributed by atoms with van der Waals surface area (Å²) in [6.45, 7) is 2.54. The van der Waals surface area contributed by atoms with Gasteiger partial charge in [0, 0.05) is 26.3 Å². The monoisotopic (exact) mass is 358 g/mol. The van der Waals surface area contributed by atoms with Crippen molar-refractivity contribution in [2.45, 2.75) is 24.7 Å². The zero-order valence-electron chi connectivity index (χ0n) is 13.8. The molecule has 10 heteroatoms. The Bertz CT molecular complexity index is 692. The third kappa shape index (κ3) is 5.03. The fourth-order valence-corrected chi connectivity index (χ4v) is 3.27. The van der Waals surface area contributed by atoms with Crippen LogP contribution in [0.3, 0.4) is 0 Å². The minimum atomic E-state index is -3.83. The van der Waals surface area contributed by atoms with E-state index in [1.165, 1.54) is 17.1 Å². The molecule has 0 aliphatic carbocycles. The molecule has 0 unspecified atom stereocenters. The van der Waals surface area contributed by atoms with E-state index < -0.39 is 22.5 Å². The zero-order valence-corrected chi connectivity index (χ0v) is 14.6. The van der Waals surface area contributed by atoms with Gasteiger partial charge in [0.15, 0.2) is 6.61 Å². The van der Waals surface area contributed by atoms with E-state index in [-0.39, 0.29) is 17.4 Å². The van der Waals surface area contributed by atoms with Crippen molar-refractivity contribution in [3.05, 3.63) is 12.4 Å². The molecule has 0 bridgehead atoms. The van der Waals surface area contributed by atoms with Crippen LogP contribution in [0.15, 0.2) is 17.3 Å². The molecule has 24 heavy (non-hydrogen) atoms. The number of hydrogen-bond donors (Lipinski definition) is 1. The number of rotatable bonds is 6. The zero-order chi connectivity index (χ0) is 17.7. The summed E-state index contributed by atoms with van der Waals surface area (Å²) >= 11 is 0. The molecule has 0 aromatic carbocycles. The molecule has 1 aromatic rings. The predicted molar refractivity (Wildman–Crippen MR) is 84.3 cm³/mol. The Morgan fingerprint density at radius 3 is 2.62 bits per heavy atom. The van der Waals surface area contributed by atoms with Crippen LogP contribution in [0.4, 0.5) is 0 Å². The molecule has 1 N–H and O–H groups in total. The number of nitrogens with zero attached hydrogens (tertiary/aromatic N) is 3. The molecule has 1 aliphatic heterocycles. The summed E-state index contributed by atoms with van der Waals surface area (Å²) in [7, 11) is -2.25. The SMILES string of the molecule is CC1CCN(C(=O)COC(=O)CNS(=O)(=O)c2cnn(C)c2)CC1. The standard InChI is InChI=1S/C14H22N4O5S/c1-11-3-5-18(6-4-11)13(19)10-23-14(20)8-16-24(21,22)12-7-15-17(2)9-12/h7,9,11,16H,3-6,8,10H2,1-2H3. The summed E-state index contributed by atoms with van der Waals surface area (Å²) in [4.78, 5) is 25.2. The van der Waals surface area contributed by atoms with E-state index in [0.29, 0.717) is 19.0 Å². The smallest absolute Gasteiger partial charge is 0.321 e. The maximum absolute atomic E-state index is 11.9. The number of hydrogen-bond acceptors (Lipinski definition) is 6. The summed E-state index contributed by atoms with van der Waals surface area (Å²) in [6, 6.07) is 0. The fourth-order valence-electron chi connectivity index (χ4n) is 2.32. The van der Waals surface area contributed by atoms with Gasteiger partial charge < -0.3 is 9.64 Å². The van der Waals surface area contributed by atoms with Gasteiger partial charge in [0.25, 0.3) is 5.91 Å². The van der Waals surface area contributed by atoms with Crippen LogP contribution in [0.2, 0.25) is 0 Å². The number of aromatic nitrogens is 2. The Kier molecular flexibility index (Phi) is 5.94. The normalized spacial score (nSPS) is 16.2. The van der Waals surface area contributed by atoms with E-state index in [1.807, 2.05) is 0 Å². The first-order valence-corrected chi connectivity index (χ1v) is 9.18. The topological polar surface area (TPSA) is 111 Å². The Balaban J connectivity index is 1.74. The number of likely N-dealkylation sites (tertiary alicyclic amines) is 1. The van der Waals surface area contributed by atoms with Crippen LogP contribution >= 0.6 is 0 Å². The van der Waals surface area contributed by atoms with Gasteiger partial charge in [-0.2, -0.15) is 9.82 Å². The molecule has 1 amide bonds. The molecule has 0 atom stereocenters. The van der Waals surface area contributed by atoms with Gasteiger partial charge in [-0.15, -0.1) is 0 Å². The molecule has 1 fully saturated rings. The summed E-state index contributed by atoms with van der Waals surface area (Å²) in [5.41, 5.74) is 0. The average Bonchev–Trinajstić information content (AvgIpc) is 2.99. The summed E-state index contributed by atoms with van der Waals surface area (Å²) < 4.78 is 32.1. The predicted octanol–water partition coefficient (Wildman–Crippen LogP) is -0.500. The van der Waals surface area contributed by atoms with Crippen LogP contribution in [-0.4, -0.2) is 61.2 Å². The van der Waals surface area contributed by atoms with Crippen molar-refractivity contribution in [3.63, 3.8) is 0 Å². The molecule has 0 saturated carbocycles. The van der Waals surface area contributed by atoms with Gasteiger partial charge >= 0.3 is 5.97 Å². The highest BCUT2D eigenvalue weighted by Crippen LogP contribution is 2.15. The van der Waals surface area contributed by atoms with E-state index in [4.69, 9.17) is 4.74 Å². The Morgan fingerprint density at radius 2 is 2.04 bits per heavy atom. The van der Waals surface area contributed by atoms with Crippen LogP contribution in [0.1, 0.15) is 19.8 Å². The van der Waals surface area contributed by atoms with Crippen molar-refractivity contribution in [2.75, 3.05) is 26.2 Å². The molecule has 9 nitrogen and oxygen atoms in total. The molecule has 1 saturated heterocycles. The highest BCUT2D eigenvalue weighted by Gasteiger charge is 2.22. The van der Waals surface area contributed by atoms with E-state index in [2.05, 4.69) is 16.7 Å². The van der Waals surface area contributed by atoms with Crippen LogP contribution in [0, 0.1) is 5.92 Å². The minimum Gasteiger partial charge on any atom is -0.455 e. The number of carbonyl (C=O) groups is 2. The Morgan fingerprint density at radius 1 is 1.38 bits per heavy atom. The average molecular weight is 358 g/mol. The quantitative estimate of drug-likeness (QED) is 0.687. The highest BCUT2D eigenvalue weighted by molar-refractivity contribution is 7.89. The molecule has 1 aliphatic rings. The van der Waals surface area contributed by atoms with E-state index in [9.17, 15) is 18.0 Å². The number of ether oxygens (including phenoxy) is 1. The molecule has 2 heterocycles. The van der Waals surface area contributed by atoms with Gasteiger partial charge in [-0.05, 0) is 18.8 Å². The Hall–Kier alpha value is -1.94. The van der Waals surface area contributed by atoms with Crippen molar-refractivity contribution in [1.82, 2.24) is 19.4 Å². The second-order valence-electron chi connectivity index (χ2n) is 5.90. The van der Waals surface area contributed by atoms with Crippen LogP contribution in [-0.2, 0) is 31.4 Å². The van der Waals surface area contributed by atoms with Gasteiger partial charge in [0.05, 0.1) is 6.20 Å². The molecule has 134 valence electrons. The molecular weight excluding hydrogens is 336 g/mol. The first-order chi connectivity index (χ1) is 11.3. The summed E-state index contributed by atoms with van der Waals surface area (Å²) in [6.07, 6.45) is 4.36. The van der Waals surface area contributed by atoms with Crippen LogP contribution in [0.5, 0.6) is 0 Å². The van der Waals surface area contributed by atoms with E-state index in [1.54, 1.807) is 11.9 Å². The first-order valence-electron chi connectivity index (χ1n) is 7.69. The van der Waals surface area contributed by atoms with Crippen molar-refractivity contribution in [2.24, 2.45) is 13.0 Å². The van der Waals surface area contributed by atoms with Gasteiger partial charge in [0.2, 0.25) is 10.0 Å². The number of amides is 1. The fraction of sp³-hybridized carbons (Fsp3) is 0.643. The summed E-state index contributed by atoms with van der Waals surface area (Å²) in [5, 5.41) is 3.76. The van der Waals surface area contributed by atoms with E-state index >= 15 is 0 Å². The lowest BCUT2D eigenvalue weighted by atomic mass is 9.99. The second-order valence-corrected chi connectivity index (χ2v) is 7.67. The van der Waals surface area contributed by atoms with Gasteiger partial charge in [-0.3, -0.25) is 14.3 Å². The number of sulfonamides is 1. The molecular formula is C14H22N4O5S. The van der Waals surface area contributed by atoms with Crippen molar-refractivity contribution < 1.29 is 22.7 Å². The first kappa shape index (κ1) is 18.4. The third-order valence-electron chi connectivity index (χ3n) is 3.89. The lowest BCUT2D eigenvalue weighted by Gasteiger charge is -2.30. The lowest BCUT2D eigenvalue weighted by molar-refractivity contribution is -0.151.